The minimum Gasteiger partial charge on any atom is -0.350 e. The number of benzene rings is 2. The molecule has 1 aromatic heterocycles. The molecule has 24 heavy (non-hydrogen) atoms. The van der Waals surface area contributed by atoms with Crippen molar-refractivity contribution in [2.45, 2.75) is 25.9 Å². The van der Waals surface area contributed by atoms with E-state index < -0.39 is 0 Å². The van der Waals surface area contributed by atoms with Crippen LogP contribution in [0.4, 0.5) is 0 Å². The Morgan fingerprint density at radius 2 is 1.83 bits per heavy atom. The van der Waals surface area contributed by atoms with Crippen molar-refractivity contribution >= 4 is 16.8 Å². The van der Waals surface area contributed by atoms with Crippen LogP contribution in [-0.2, 0) is 11.3 Å². The number of para-hydroxylation sites is 1. The highest BCUT2D eigenvalue weighted by atomic mass is 16.1. The first-order chi connectivity index (χ1) is 11.6. The maximum atomic E-state index is 12.2. The summed E-state index contributed by atoms with van der Waals surface area (Å²) < 4.78 is 1.70. The van der Waals surface area contributed by atoms with Crippen LogP contribution in [0.5, 0.6) is 0 Å². The molecule has 0 saturated carbocycles. The van der Waals surface area contributed by atoms with E-state index in [4.69, 9.17) is 0 Å². The molecule has 0 saturated heterocycles. The van der Waals surface area contributed by atoms with Crippen LogP contribution in [0.2, 0.25) is 0 Å². The Balaban J connectivity index is 1.67. The minimum absolute atomic E-state index is 0.0441. The molecule has 0 aliphatic carbocycles. The molecule has 0 fully saturated rings. The Morgan fingerprint density at radius 1 is 1.12 bits per heavy atom. The van der Waals surface area contributed by atoms with Crippen LogP contribution in [0.25, 0.3) is 10.9 Å². The Bertz CT molecular complexity index is 903. The summed E-state index contributed by atoms with van der Waals surface area (Å²) in [6.07, 6.45) is 1.60. The monoisotopic (exact) mass is 321 g/mol. The molecule has 1 N–H and O–H groups in total. The van der Waals surface area contributed by atoms with E-state index in [1.165, 1.54) is 6.20 Å². The van der Waals surface area contributed by atoms with Crippen LogP contribution < -0.4 is 10.7 Å². The maximum absolute atomic E-state index is 12.2. The second-order valence-electron chi connectivity index (χ2n) is 5.70. The molecule has 1 atom stereocenters. The smallest absolute Gasteiger partial charge is 0.222 e. The first-order valence-corrected chi connectivity index (χ1v) is 7.94. The molecule has 5 heteroatoms. The topological polar surface area (TPSA) is 64.0 Å². The lowest BCUT2D eigenvalue weighted by Gasteiger charge is -2.15. The number of aryl methyl sites for hydroxylation is 1. The van der Waals surface area contributed by atoms with Gasteiger partial charge in [0.2, 0.25) is 11.3 Å². The van der Waals surface area contributed by atoms with E-state index in [0.29, 0.717) is 18.4 Å². The van der Waals surface area contributed by atoms with Crippen LogP contribution in [0.3, 0.4) is 0 Å². The van der Waals surface area contributed by atoms with Gasteiger partial charge in [-0.1, -0.05) is 42.5 Å². The van der Waals surface area contributed by atoms with Crippen molar-refractivity contribution in [3.05, 3.63) is 76.6 Å². The van der Waals surface area contributed by atoms with Gasteiger partial charge in [-0.15, -0.1) is 0 Å². The number of carbonyl (C=O) groups is 1. The Labute approximate surface area is 139 Å². The molecule has 5 nitrogen and oxygen atoms in total. The third-order valence-corrected chi connectivity index (χ3v) is 3.99. The second kappa shape index (κ2) is 7.08. The number of aromatic nitrogens is 2. The van der Waals surface area contributed by atoms with Crippen LogP contribution in [0.1, 0.15) is 24.9 Å². The van der Waals surface area contributed by atoms with Gasteiger partial charge in [0, 0.05) is 11.8 Å². The van der Waals surface area contributed by atoms with Gasteiger partial charge in [0.25, 0.3) is 0 Å². The quantitative estimate of drug-likeness (QED) is 0.786. The summed E-state index contributed by atoms with van der Waals surface area (Å²) >= 11 is 0. The first kappa shape index (κ1) is 15.9. The Kier molecular flexibility index (Phi) is 4.70. The number of nitrogens with one attached hydrogen (secondary N) is 1. The van der Waals surface area contributed by atoms with Gasteiger partial charge in [0.15, 0.2) is 0 Å². The Hall–Kier alpha value is -2.95. The standard InChI is InChI=1S/C19H19N3O2/c1-14(15-7-3-2-4-8-15)21-19(24)11-12-22-17-10-6-5-9-16(17)18(23)13-20-22/h2-10,13-14H,11-12H2,1H3,(H,21,24). The predicted octanol–water partition coefficient (Wildman–Crippen LogP) is 2.66. The molecule has 1 unspecified atom stereocenters. The summed E-state index contributed by atoms with van der Waals surface area (Å²) in [5.41, 5.74) is 1.70. The fourth-order valence-corrected chi connectivity index (χ4v) is 2.69. The van der Waals surface area contributed by atoms with E-state index in [0.717, 1.165) is 11.1 Å². The van der Waals surface area contributed by atoms with Gasteiger partial charge in [-0.05, 0) is 24.6 Å². The summed E-state index contributed by atoms with van der Waals surface area (Å²) in [7, 11) is 0. The van der Waals surface area contributed by atoms with Crippen LogP contribution in [-0.4, -0.2) is 15.7 Å². The zero-order valence-electron chi connectivity index (χ0n) is 13.5. The fourth-order valence-electron chi connectivity index (χ4n) is 2.69. The van der Waals surface area contributed by atoms with E-state index in [1.54, 1.807) is 10.7 Å². The lowest BCUT2D eigenvalue weighted by Crippen LogP contribution is -2.28. The van der Waals surface area contributed by atoms with Crippen molar-refractivity contribution in [1.29, 1.82) is 0 Å². The highest BCUT2D eigenvalue weighted by molar-refractivity contribution is 5.79. The summed E-state index contributed by atoms with van der Waals surface area (Å²) in [4.78, 5) is 24.0. The highest BCUT2D eigenvalue weighted by Gasteiger charge is 2.10. The molecule has 0 spiro atoms. The normalized spacial score (nSPS) is 12.0. The van der Waals surface area contributed by atoms with E-state index in [1.807, 2.05) is 55.5 Å². The maximum Gasteiger partial charge on any atom is 0.222 e. The predicted molar refractivity (Wildman–Crippen MR) is 93.6 cm³/mol. The van der Waals surface area contributed by atoms with E-state index >= 15 is 0 Å². The van der Waals surface area contributed by atoms with Crippen LogP contribution >= 0.6 is 0 Å². The molecular formula is C19H19N3O2. The van der Waals surface area contributed by atoms with E-state index in [9.17, 15) is 9.59 Å². The number of carbonyl (C=O) groups excluding carboxylic acids is 1. The molecule has 2 aromatic carbocycles. The SMILES string of the molecule is CC(NC(=O)CCn1ncc(=O)c2ccccc21)c1ccccc1. The summed E-state index contributed by atoms with van der Waals surface area (Å²) in [6, 6.07) is 17.1. The molecule has 122 valence electrons. The number of nitrogens with zero attached hydrogens (tertiary/aromatic N) is 2. The van der Waals surface area contributed by atoms with Crippen LogP contribution in [0, 0.1) is 0 Å². The number of amides is 1. The molecule has 1 heterocycles. The average molecular weight is 321 g/mol. The van der Waals surface area contributed by atoms with Crippen molar-refractivity contribution in [1.82, 2.24) is 15.1 Å². The molecule has 0 aliphatic rings. The van der Waals surface area contributed by atoms with Gasteiger partial charge >= 0.3 is 0 Å². The van der Waals surface area contributed by atoms with Gasteiger partial charge in [-0.25, -0.2) is 0 Å². The average Bonchev–Trinajstić information content (AvgIpc) is 2.62. The molecular weight excluding hydrogens is 302 g/mol. The molecule has 3 rings (SSSR count). The lowest BCUT2D eigenvalue weighted by molar-refractivity contribution is -0.122. The van der Waals surface area contributed by atoms with Crippen molar-refractivity contribution in [2.75, 3.05) is 0 Å². The summed E-state index contributed by atoms with van der Waals surface area (Å²) in [5.74, 6) is -0.0454. The molecule has 0 bridgehead atoms. The fraction of sp³-hybridized carbons (Fsp3) is 0.211. The van der Waals surface area contributed by atoms with Gasteiger partial charge in [-0.3, -0.25) is 14.3 Å². The van der Waals surface area contributed by atoms with Gasteiger partial charge in [0.05, 0.1) is 24.3 Å². The molecule has 0 aliphatic heterocycles. The third kappa shape index (κ3) is 3.51. The van der Waals surface area contributed by atoms with E-state index in [-0.39, 0.29) is 17.4 Å². The minimum atomic E-state index is -0.107. The number of hydrogen-bond acceptors (Lipinski definition) is 3. The zero-order valence-corrected chi connectivity index (χ0v) is 13.5. The zero-order chi connectivity index (χ0) is 16.9. The summed E-state index contributed by atoms with van der Waals surface area (Å²) in [6.45, 7) is 2.38. The molecule has 3 aromatic rings. The number of rotatable bonds is 5. The van der Waals surface area contributed by atoms with Crippen molar-refractivity contribution in [3.63, 3.8) is 0 Å². The lowest BCUT2D eigenvalue weighted by atomic mass is 10.1. The van der Waals surface area contributed by atoms with Gasteiger partial charge in [0.1, 0.15) is 0 Å². The van der Waals surface area contributed by atoms with Crippen molar-refractivity contribution in [2.24, 2.45) is 0 Å². The van der Waals surface area contributed by atoms with Crippen molar-refractivity contribution in [3.8, 4) is 0 Å². The third-order valence-electron chi connectivity index (χ3n) is 3.99. The van der Waals surface area contributed by atoms with Crippen molar-refractivity contribution < 1.29 is 4.79 Å². The van der Waals surface area contributed by atoms with Gasteiger partial charge < -0.3 is 5.32 Å². The number of fused-ring (bicyclic) bond motifs is 1. The highest BCUT2D eigenvalue weighted by Crippen LogP contribution is 2.12. The molecule has 1 amide bonds. The Morgan fingerprint density at radius 3 is 2.62 bits per heavy atom. The number of hydrogen-bond donors (Lipinski definition) is 1. The first-order valence-electron chi connectivity index (χ1n) is 7.94. The largest absolute Gasteiger partial charge is 0.350 e. The van der Waals surface area contributed by atoms with Gasteiger partial charge in [-0.2, -0.15) is 5.10 Å². The van der Waals surface area contributed by atoms with Crippen LogP contribution in [0.15, 0.2) is 65.6 Å². The summed E-state index contributed by atoms with van der Waals surface area (Å²) in [5, 5.41) is 7.74. The second-order valence-corrected chi connectivity index (χ2v) is 5.70. The molecule has 0 radical (unpaired) electrons. The van der Waals surface area contributed by atoms with E-state index in [2.05, 4.69) is 10.4 Å².